The fraction of sp³-hybridized carbons (Fsp3) is 0.0833. The van der Waals surface area contributed by atoms with Crippen LogP contribution in [0.1, 0.15) is 15.2 Å². The van der Waals surface area contributed by atoms with Crippen molar-refractivity contribution in [3.63, 3.8) is 0 Å². The molecule has 2 aromatic rings. The lowest BCUT2D eigenvalue weighted by molar-refractivity contribution is 0.1000. The summed E-state index contributed by atoms with van der Waals surface area (Å²) in [6.45, 7) is 0.223. The molecule has 5 nitrogen and oxygen atoms in total. The van der Waals surface area contributed by atoms with E-state index in [1.165, 1.54) is 35.6 Å². The Morgan fingerprint density at radius 2 is 2.05 bits per heavy atom. The summed E-state index contributed by atoms with van der Waals surface area (Å²) in [5.74, 6) is -0.657. The van der Waals surface area contributed by atoms with Crippen molar-refractivity contribution in [2.24, 2.45) is 5.73 Å². The molecule has 0 aliphatic rings. The highest BCUT2D eigenvalue weighted by molar-refractivity contribution is 7.89. The first-order valence-electron chi connectivity index (χ1n) is 5.41. The van der Waals surface area contributed by atoms with Crippen LogP contribution in [0.4, 0.5) is 0 Å². The van der Waals surface area contributed by atoms with Crippen molar-refractivity contribution in [3.05, 3.63) is 52.2 Å². The average Bonchev–Trinajstić information content (AvgIpc) is 2.90. The molecule has 0 aliphatic heterocycles. The number of hydrogen-bond acceptors (Lipinski definition) is 4. The summed E-state index contributed by atoms with van der Waals surface area (Å²) in [6, 6.07) is 9.33. The van der Waals surface area contributed by atoms with Gasteiger partial charge in [0.2, 0.25) is 15.9 Å². The molecule has 0 radical (unpaired) electrons. The summed E-state index contributed by atoms with van der Waals surface area (Å²) < 4.78 is 26.6. The first kappa shape index (κ1) is 13.7. The van der Waals surface area contributed by atoms with Crippen LogP contribution in [0, 0.1) is 0 Å². The summed E-state index contributed by atoms with van der Waals surface area (Å²) in [5.41, 5.74) is 5.29. The molecule has 0 aliphatic carbocycles. The van der Waals surface area contributed by atoms with Crippen molar-refractivity contribution in [2.45, 2.75) is 11.4 Å². The lowest BCUT2D eigenvalue weighted by Crippen LogP contribution is -2.23. The zero-order valence-electron chi connectivity index (χ0n) is 9.87. The van der Waals surface area contributed by atoms with E-state index in [4.69, 9.17) is 5.73 Å². The van der Waals surface area contributed by atoms with E-state index in [0.29, 0.717) is 0 Å². The Morgan fingerprint density at radius 3 is 2.68 bits per heavy atom. The highest BCUT2D eigenvalue weighted by Crippen LogP contribution is 2.13. The minimum absolute atomic E-state index is 0.0281. The van der Waals surface area contributed by atoms with Crippen LogP contribution in [-0.2, 0) is 16.6 Å². The minimum atomic E-state index is -3.64. The fourth-order valence-electron chi connectivity index (χ4n) is 1.48. The maximum absolute atomic E-state index is 12.0. The van der Waals surface area contributed by atoms with Crippen LogP contribution in [0.2, 0.25) is 0 Å². The van der Waals surface area contributed by atoms with Gasteiger partial charge in [-0.05, 0) is 29.6 Å². The molecule has 0 spiro atoms. The van der Waals surface area contributed by atoms with E-state index in [0.717, 1.165) is 4.88 Å². The number of nitrogens with two attached hydrogens (primary N) is 1. The van der Waals surface area contributed by atoms with E-state index in [1.807, 2.05) is 17.5 Å². The molecule has 0 unspecified atom stereocenters. The van der Waals surface area contributed by atoms with Crippen molar-refractivity contribution in [2.75, 3.05) is 0 Å². The van der Waals surface area contributed by atoms with Gasteiger partial charge < -0.3 is 5.73 Å². The van der Waals surface area contributed by atoms with Crippen LogP contribution in [0.3, 0.4) is 0 Å². The number of carbonyl (C=O) groups excluding carboxylic acids is 1. The van der Waals surface area contributed by atoms with E-state index in [2.05, 4.69) is 4.72 Å². The third-order valence-corrected chi connectivity index (χ3v) is 4.72. The molecule has 1 amide bonds. The van der Waals surface area contributed by atoms with Crippen molar-refractivity contribution in [1.82, 2.24) is 4.72 Å². The van der Waals surface area contributed by atoms with Gasteiger partial charge in [-0.3, -0.25) is 4.79 Å². The highest BCUT2D eigenvalue weighted by atomic mass is 32.2. The van der Waals surface area contributed by atoms with Gasteiger partial charge in [0, 0.05) is 17.0 Å². The van der Waals surface area contributed by atoms with Gasteiger partial charge in [-0.1, -0.05) is 12.1 Å². The third-order valence-electron chi connectivity index (χ3n) is 2.45. The van der Waals surface area contributed by atoms with Crippen LogP contribution in [0.15, 0.2) is 46.7 Å². The van der Waals surface area contributed by atoms with Crippen LogP contribution in [0.5, 0.6) is 0 Å². The zero-order valence-corrected chi connectivity index (χ0v) is 11.5. The molecular weight excluding hydrogens is 284 g/mol. The lowest BCUT2D eigenvalue weighted by Gasteiger charge is -2.06. The number of carbonyl (C=O) groups is 1. The number of sulfonamides is 1. The molecule has 100 valence electrons. The normalized spacial score (nSPS) is 11.4. The van der Waals surface area contributed by atoms with Gasteiger partial charge >= 0.3 is 0 Å². The summed E-state index contributed by atoms with van der Waals surface area (Å²) in [4.78, 5) is 12.0. The number of thiophene rings is 1. The lowest BCUT2D eigenvalue weighted by atomic mass is 10.2. The van der Waals surface area contributed by atoms with Gasteiger partial charge in [0.15, 0.2) is 0 Å². The second-order valence-electron chi connectivity index (χ2n) is 3.80. The number of amides is 1. The quantitative estimate of drug-likeness (QED) is 0.872. The van der Waals surface area contributed by atoms with Gasteiger partial charge in [-0.2, -0.15) is 0 Å². The molecule has 0 fully saturated rings. The Balaban J connectivity index is 2.19. The Kier molecular flexibility index (Phi) is 3.98. The Bertz CT molecular complexity index is 679. The molecule has 0 saturated carbocycles. The predicted octanol–water partition coefficient (Wildman–Crippen LogP) is 1.33. The SMILES string of the molecule is NC(=O)c1cccc(S(=O)(=O)NCc2cccs2)c1. The van der Waals surface area contributed by atoms with Crippen LogP contribution in [-0.4, -0.2) is 14.3 Å². The van der Waals surface area contributed by atoms with E-state index in [9.17, 15) is 13.2 Å². The first-order chi connectivity index (χ1) is 8.99. The zero-order chi connectivity index (χ0) is 13.9. The number of rotatable bonds is 5. The number of nitrogens with one attached hydrogen (secondary N) is 1. The van der Waals surface area contributed by atoms with Crippen LogP contribution in [0.25, 0.3) is 0 Å². The predicted molar refractivity (Wildman–Crippen MR) is 73.3 cm³/mol. The summed E-state index contributed by atoms with van der Waals surface area (Å²) >= 11 is 1.47. The first-order valence-corrected chi connectivity index (χ1v) is 7.77. The summed E-state index contributed by atoms with van der Waals surface area (Å²) in [6.07, 6.45) is 0. The molecule has 2 rings (SSSR count). The molecule has 1 aromatic heterocycles. The monoisotopic (exact) mass is 296 g/mol. The minimum Gasteiger partial charge on any atom is -0.366 e. The van der Waals surface area contributed by atoms with Gasteiger partial charge in [0.1, 0.15) is 0 Å². The summed E-state index contributed by atoms with van der Waals surface area (Å²) in [7, 11) is -3.64. The third kappa shape index (κ3) is 3.40. The highest BCUT2D eigenvalue weighted by Gasteiger charge is 2.15. The molecule has 0 bridgehead atoms. The average molecular weight is 296 g/mol. The van der Waals surface area contributed by atoms with Crippen molar-refractivity contribution < 1.29 is 13.2 Å². The largest absolute Gasteiger partial charge is 0.366 e. The van der Waals surface area contributed by atoms with Crippen molar-refractivity contribution in [3.8, 4) is 0 Å². The second-order valence-corrected chi connectivity index (χ2v) is 6.60. The van der Waals surface area contributed by atoms with Crippen molar-refractivity contribution in [1.29, 1.82) is 0 Å². The number of primary amides is 1. The van der Waals surface area contributed by atoms with E-state index in [1.54, 1.807) is 0 Å². The van der Waals surface area contributed by atoms with Gasteiger partial charge in [-0.25, -0.2) is 13.1 Å². The van der Waals surface area contributed by atoms with E-state index in [-0.39, 0.29) is 17.0 Å². The maximum Gasteiger partial charge on any atom is 0.248 e. The molecular formula is C12H12N2O3S2. The summed E-state index contributed by atoms with van der Waals surface area (Å²) in [5, 5.41) is 1.87. The standard InChI is InChI=1S/C12H12N2O3S2/c13-12(15)9-3-1-5-11(7-9)19(16,17)14-8-10-4-2-6-18-10/h1-7,14H,8H2,(H2,13,15). The Morgan fingerprint density at radius 1 is 1.26 bits per heavy atom. The van der Waals surface area contributed by atoms with E-state index < -0.39 is 15.9 Å². The number of hydrogen-bond donors (Lipinski definition) is 2. The molecule has 0 atom stereocenters. The van der Waals surface area contributed by atoms with E-state index >= 15 is 0 Å². The molecule has 19 heavy (non-hydrogen) atoms. The topological polar surface area (TPSA) is 89.3 Å². The van der Waals surface area contributed by atoms with Crippen LogP contribution < -0.4 is 10.5 Å². The maximum atomic E-state index is 12.0. The van der Waals surface area contributed by atoms with Gasteiger partial charge in [0.05, 0.1) is 4.90 Å². The molecule has 1 heterocycles. The smallest absolute Gasteiger partial charge is 0.248 e. The molecule has 7 heteroatoms. The van der Waals surface area contributed by atoms with Crippen molar-refractivity contribution >= 4 is 27.3 Å². The Labute approximate surface area is 115 Å². The molecule has 0 saturated heterocycles. The second kappa shape index (κ2) is 5.52. The van der Waals surface area contributed by atoms with Gasteiger partial charge in [-0.15, -0.1) is 11.3 Å². The number of benzene rings is 1. The van der Waals surface area contributed by atoms with Gasteiger partial charge in [0.25, 0.3) is 0 Å². The Hall–Kier alpha value is -1.70. The van der Waals surface area contributed by atoms with Crippen LogP contribution >= 0.6 is 11.3 Å². The molecule has 3 N–H and O–H groups in total. The fourth-order valence-corrected chi connectivity index (χ4v) is 3.27. The molecule has 1 aromatic carbocycles.